The second kappa shape index (κ2) is 5.12. The fourth-order valence-electron chi connectivity index (χ4n) is 1.77. The first-order chi connectivity index (χ1) is 8.07. The van der Waals surface area contributed by atoms with Gasteiger partial charge in [-0.05, 0) is 38.0 Å². The molecule has 94 valence electrons. The summed E-state index contributed by atoms with van der Waals surface area (Å²) in [6.45, 7) is 8.16. The van der Waals surface area contributed by atoms with Crippen LogP contribution in [0, 0.1) is 6.92 Å². The molecule has 0 spiro atoms. The van der Waals surface area contributed by atoms with Crippen LogP contribution in [0.3, 0.4) is 0 Å². The van der Waals surface area contributed by atoms with Crippen LogP contribution in [0.5, 0.6) is 0 Å². The van der Waals surface area contributed by atoms with Crippen molar-refractivity contribution in [3.05, 3.63) is 29.6 Å². The first-order valence-electron chi connectivity index (χ1n) is 5.97. The highest BCUT2D eigenvalue weighted by Crippen LogP contribution is 2.17. The standard InChI is InChI=1S/C13H20N2O2/c1-10-6-14-5-4-11(10)7-15-12-8-16-13(2,3)17-9-12/h4-6,12,15H,7-9H2,1-3H3. The van der Waals surface area contributed by atoms with Gasteiger partial charge in [0.05, 0.1) is 19.3 Å². The number of pyridine rings is 1. The number of aromatic nitrogens is 1. The van der Waals surface area contributed by atoms with E-state index in [9.17, 15) is 0 Å². The molecule has 1 aliphatic heterocycles. The molecule has 1 aromatic rings. The number of ether oxygens (including phenoxy) is 2. The van der Waals surface area contributed by atoms with Crippen LogP contribution in [-0.2, 0) is 16.0 Å². The lowest BCUT2D eigenvalue weighted by atomic mass is 10.1. The minimum atomic E-state index is -0.440. The van der Waals surface area contributed by atoms with Crippen molar-refractivity contribution in [2.45, 2.75) is 39.1 Å². The Morgan fingerprint density at radius 2 is 2.12 bits per heavy atom. The lowest BCUT2D eigenvalue weighted by molar-refractivity contribution is -0.253. The van der Waals surface area contributed by atoms with E-state index < -0.39 is 5.79 Å². The SMILES string of the molecule is Cc1cnccc1CNC1COC(C)(C)OC1. The molecule has 0 bridgehead atoms. The molecule has 2 rings (SSSR count). The van der Waals surface area contributed by atoms with Crippen LogP contribution in [0.4, 0.5) is 0 Å². The van der Waals surface area contributed by atoms with Gasteiger partial charge in [-0.2, -0.15) is 0 Å². The van der Waals surface area contributed by atoms with Crippen molar-refractivity contribution < 1.29 is 9.47 Å². The maximum absolute atomic E-state index is 5.60. The molecule has 0 amide bonds. The summed E-state index contributed by atoms with van der Waals surface area (Å²) in [6.07, 6.45) is 3.70. The van der Waals surface area contributed by atoms with Crippen LogP contribution in [0.1, 0.15) is 25.0 Å². The van der Waals surface area contributed by atoms with E-state index in [1.54, 1.807) is 0 Å². The Balaban J connectivity index is 1.82. The second-order valence-electron chi connectivity index (χ2n) is 4.90. The number of nitrogens with one attached hydrogen (secondary N) is 1. The van der Waals surface area contributed by atoms with Gasteiger partial charge in [-0.3, -0.25) is 4.98 Å². The normalized spacial score (nSPS) is 20.4. The fourth-order valence-corrected chi connectivity index (χ4v) is 1.77. The predicted molar refractivity (Wildman–Crippen MR) is 65.6 cm³/mol. The van der Waals surface area contributed by atoms with Crippen molar-refractivity contribution in [2.75, 3.05) is 13.2 Å². The van der Waals surface area contributed by atoms with Gasteiger partial charge in [0.25, 0.3) is 0 Å². The zero-order chi connectivity index (χ0) is 12.3. The Kier molecular flexibility index (Phi) is 3.76. The Morgan fingerprint density at radius 3 is 2.76 bits per heavy atom. The third kappa shape index (κ3) is 3.49. The molecule has 0 aliphatic carbocycles. The monoisotopic (exact) mass is 236 g/mol. The lowest BCUT2D eigenvalue weighted by Gasteiger charge is -2.35. The third-order valence-corrected chi connectivity index (χ3v) is 2.98. The molecule has 1 fully saturated rings. The van der Waals surface area contributed by atoms with E-state index in [0.29, 0.717) is 13.2 Å². The van der Waals surface area contributed by atoms with Gasteiger partial charge in [0.1, 0.15) is 0 Å². The molecule has 1 saturated heterocycles. The molecule has 2 heterocycles. The third-order valence-electron chi connectivity index (χ3n) is 2.98. The van der Waals surface area contributed by atoms with Gasteiger partial charge in [0, 0.05) is 18.9 Å². The smallest absolute Gasteiger partial charge is 0.162 e. The van der Waals surface area contributed by atoms with Crippen molar-refractivity contribution in [1.29, 1.82) is 0 Å². The highest BCUT2D eigenvalue weighted by atomic mass is 16.7. The molecule has 0 atom stereocenters. The van der Waals surface area contributed by atoms with Crippen molar-refractivity contribution in [2.24, 2.45) is 0 Å². The number of hydrogen-bond acceptors (Lipinski definition) is 4. The molecule has 4 heteroatoms. The number of rotatable bonds is 3. The second-order valence-corrected chi connectivity index (χ2v) is 4.90. The first kappa shape index (κ1) is 12.5. The molecule has 17 heavy (non-hydrogen) atoms. The van der Waals surface area contributed by atoms with E-state index in [1.807, 2.05) is 32.3 Å². The number of aryl methyl sites for hydroxylation is 1. The summed E-state index contributed by atoms with van der Waals surface area (Å²) in [6, 6.07) is 2.30. The molecule has 0 saturated carbocycles. The van der Waals surface area contributed by atoms with Crippen LogP contribution < -0.4 is 5.32 Å². The maximum atomic E-state index is 5.60. The molecule has 1 aliphatic rings. The van der Waals surface area contributed by atoms with Gasteiger partial charge >= 0.3 is 0 Å². The molecule has 0 radical (unpaired) electrons. The minimum absolute atomic E-state index is 0.260. The van der Waals surface area contributed by atoms with Crippen LogP contribution in [0.15, 0.2) is 18.5 Å². The molecular formula is C13H20N2O2. The van der Waals surface area contributed by atoms with E-state index in [-0.39, 0.29) is 6.04 Å². The van der Waals surface area contributed by atoms with Crippen molar-refractivity contribution in [3.63, 3.8) is 0 Å². The summed E-state index contributed by atoms with van der Waals surface area (Å²) in [7, 11) is 0. The largest absolute Gasteiger partial charge is 0.349 e. The summed E-state index contributed by atoms with van der Waals surface area (Å²) in [5.74, 6) is -0.440. The topological polar surface area (TPSA) is 43.4 Å². The highest BCUT2D eigenvalue weighted by molar-refractivity contribution is 5.21. The minimum Gasteiger partial charge on any atom is -0.349 e. The molecule has 1 aromatic heterocycles. The summed E-state index contributed by atoms with van der Waals surface area (Å²) in [5, 5.41) is 3.44. The van der Waals surface area contributed by atoms with Gasteiger partial charge in [0.15, 0.2) is 5.79 Å². The van der Waals surface area contributed by atoms with Gasteiger partial charge in [-0.15, -0.1) is 0 Å². The Labute approximate surface area is 102 Å². The average molecular weight is 236 g/mol. The van der Waals surface area contributed by atoms with E-state index in [0.717, 1.165) is 6.54 Å². The Hall–Kier alpha value is -0.970. The summed E-state index contributed by atoms with van der Waals surface area (Å²) in [5.41, 5.74) is 2.47. The Morgan fingerprint density at radius 1 is 1.41 bits per heavy atom. The first-order valence-corrected chi connectivity index (χ1v) is 5.97. The van der Waals surface area contributed by atoms with E-state index in [4.69, 9.17) is 9.47 Å². The summed E-state index contributed by atoms with van der Waals surface area (Å²) in [4.78, 5) is 4.08. The average Bonchev–Trinajstić information content (AvgIpc) is 2.30. The van der Waals surface area contributed by atoms with Gasteiger partial charge in [-0.25, -0.2) is 0 Å². The van der Waals surface area contributed by atoms with Gasteiger partial charge < -0.3 is 14.8 Å². The quantitative estimate of drug-likeness (QED) is 0.866. The maximum Gasteiger partial charge on any atom is 0.162 e. The molecule has 4 nitrogen and oxygen atoms in total. The molecule has 1 N–H and O–H groups in total. The number of nitrogens with zero attached hydrogens (tertiary/aromatic N) is 1. The number of hydrogen-bond donors (Lipinski definition) is 1. The van der Waals surface area contributed by atoms with Crippen LogP contribution in [-0.4, -0.2) is 30.0 Å². The fraction of sp³-hybridized carbons (Fsp3) is 0.615. The van der Waals surface area contributed by atoms with Crippen LogP contribution >= 0.6 is 0 Å². The van der Waals surface area contributed by atoms with E-state index >= 15 is 0 Å². The zero-order valence-corrected chi connectivity index (χ0v) is 10.7. The van der Waals surface area contributed by atoms with Gasteiger partial charge in [0.2, 0.25) is 0 Å². The van der Waals surface area contributed by atoms with Crippen LogP contribution in [0.2, 0.25) is 0 Å². The van der Waals surface area contributed by atoms with E-state index in [1.165, 1.54) is 11.1 Å². The van der Waals surface area contributed by atoms with Crippen molar-refractivity contribution in [3.8, 4) is 0 Å². The highest BCUT2D eigenvalue weighted by Gasteiger charge is 2.27. The molecular weight excluding hydrogens is 216 g/mol. The summed E-state index contributed by atoms with van der Waals surface area (Å²) < 4.78 is 11.2. The van der Waals surface area contributed by atoms with Crippen molar-refractivity contribution >= 4 is 0 Å². The van der Waals surface area contributed by atoms with E-state index in [2.05, 4.69) is 17.2 Å². The Bertz CT molecular complexity index is 369. The van der Waals surface area contributed by atoms with Gasteiger partial charge in [-0.1, -0.05) is 0 Å². The molecule has 0 aromatic carbocycles. The lowest BCUT2D eigenvalue weighted by Crippen LogP contribution is -2.48. The van der Waals surface area contributed by atoms with Crippen molar-refractivity contribution in [1.82, 2.24) is 10.3 Å². The van der Waals surface area contributed by atoms with Crippen LogP contribution in [0.25, 0.3) is 0 Å². The predicted octanol–water partition coefficient (Wildman–Crippen LogP) is 1.63. The summed E-state index contributed by atoms with van der Waals surface area (Å²) >= 11 is 0. The molecule has 0 unspecified atom stereocenters. The zero-order valence-electron chi connectivity index (χ0n) is 10.7.